The lowest BCUT2D eigenvalue weighted by molar-refractivity contribution is 1.28. The third-order valence-corrected chi connectivity index (χ3v) is 9.68. The summed E-state index contributed by atoms with van der Waals surface area (Å²) < 4.78 is 0. The van der Waals surface area contributed by atoms with Gasteiger partial charge in [-0.25, -0.2) is 0 Å². The number of aryl methyl sites for hydroxylation is 1. The van der Waals surface area contributed by atoms with Gasteiger partial charge in [-0.05, 0) is 121 Å². The van der Waals surface area contributed by atoms with Crippen molar-refractivity contribution in [3.63, 3.8) is 0 Å². The second kappa shape index (κ2) is 11.6. The molecule has 0 spiro atoms. The van der Waals surface area contributed by atoms with Crippen molar-refractivity contribution in [3.05, 3.63) is 188 Å². The molecular weight excluding hydrogens is 579 g/mol. The van der Waals surface area contributed by atoms with Crippen LogP contribution in [-0.4, -0.2) is 0 Å². The first kappa shape index (κ1) is 28.1. The van der Waals surface area contributed by atoms with Crippen LogP contribution < -0.4 is 4.90 Å². The Balaban J connectivity index is 1.25. The van der Waals surface area contributed by atoms with Crippen molar-refractivity contribution in [1.82, 2.24) is 0 Å². The van der Waals surface area contributed by atoms with E-state index in [1.807, 2.05) is 0 Å². The fourth-order valence-electron chi connectivity index (χ4n) is 7.41. The standard InChI is InChI=1S/C47H33N/c1-32-22-26-37(27-23-32)48(36-14-3-2-4-15-36)38-28-24-34(25-29-38)45-30-35-31-46(40-21-11-13-33-12-5-6-16-39(33)40)42-18-8-10-20-44(42)47(35)43-19-9-7-17-41(43)45/h2-31H,1H3. The summed E-state index contributed by atoms with van der Waals surface area (Å²) in [5, 5.41) is 10.2. The molecule has 0 heterocycles. The molecule has 0 saturated heterocycles. The lowest BCUT2D eigenvalue weighted by Gasteiger charge is -2.26. The predicted molar refractivity (Wildman–Crippen MR) is 207 cm³/mol. The number of benzene rings is 9. The Bertz CT molecular complexity index is 2590. The van der Waals surface area contributed by atoms with Gasteiger partial charge in [-0.1, -0.05) is 139 Å². The molecule has 9 rings (SSSR count). The van der Waals surface area contributed by atoms with Gasteiger partial charge in [0.15, 0.2) is 0 Å². The Morgan fingerprint density at radius 2 is 0.833 bits per heavy atom. The van der Waals surface area contributed by atoms with E-state index in [1.54, 1.807) is 0 Å². The Hall–Kier alpha value is -6.18. The number of anilines is 3. The molecule has 0 N–H and O–H groups in total. The summed E-state index contributed by atoms with van der Waals surface area (Å²) in [5.74, 6) is 0. The van der Waals surface area contributed by atoms with Gasteiger partial charge in [0.05, 0.1) is 0 Å². The molecule has 0 bridgehead atoms. The molecule has 48 heavy (non-hydrogen) atoms. The van der Waals surface area contributed by atoms with Crippen molar-refractivity contribution >= 4 is 60.2 Å². The summed E-state index contributed by atoms with van der Waals surface area (Å²) >= 11 is 0. The van der Waals surface area contributed by atoms with Gasteiger partial charge < -0.3 is 4.90 Å². The van der Waals surface area contributed by atoms with Gasteiger partial charge >= 0.3 is 0 Å². The molecule has 0 saturated carbocycles. The number of rotatable bonds is 5. The Kier molecular flexibility index (Phi) is 6.76. The minimum atomic E-state index is 1.13. The molecule has 0 atom stereocenters. The van der Waals surface area contributed by atoms with Crippen LogP contribution in [0.3, 0.4) is 0 Å². The lowest BCUT2D eigenvalue weighted by atomic mass is 9.86. The van der Waals surface area contributed by atoms with E-state index in [0.29, 0.717) is 0 Å². The average Bonchev–Trinajstić information content (AvgIpc) is 3.15. The molecule has 0 aliphatic heterocycles. The topological polar surface area (TPSA) is 3.24 Å². The fraction of sp³-hybridized carbons (Fsp3) is 0.0213. The van der Waals surface area contributed by atoms with Crippen LogP contribution in [-0.2, 0) is 0 Å². The molecule has 9 aromatic carbocycles. The first-order valence-corrected chi connectivity index (χ1v) is 16.6. The van der Waals surface area contributed by atoms with Gasteiger partial charge in [0.25, 0.3) is 0 Å². The number of fused-ring (bicyclic) bond motifs is 6. The second-order valence-electron chi connectivity index (χ2n) is 12.6. The summed E-state index contributed by atoms with van der Waals surface area (Å²) in [6.45, 7) is 2.13. The van der Waals surface area contributed by atoms with Crippen LogP contribution in [0.25, 0.3) is 65.3 Å². The Morgan fingerprint density at radius 1 is 0.333 bits per heavy atom. The third-order valence-electron chi connectivity index (χ3n) is 9.68. The molecule has 9 aromatic rings. The smallest absolute Gasteiger partial charge is 0.0462 e. The van der Waals surface area contributed by atoms with Crippen LogP contribution in [0.5, 0.6) is 0 Å². The van der Waals surface area contributed by atoms with Crippen LogP contribution in [0.1, 0.15) is 5.56 Å². The number of para-hydroxylation sites is 1. The molecular formula is C47H33N. The Labute approximate surface area is 281 Å². The molecule has 1 nitrogen and oxygen atoms in total. The molecule has 0 amide bonds. The minimum absolute atomic E-state index is 1.13. The SMILES string of the molecule is Cc1ccc(N(c2ccccc2)c2ccc(-c3cc4cc(-c5cccc6ccccc56)c5ccccc5c4c4ccccc34)cc2)cc1. The maximum atomic E-state index is 2.41. The van der Waals surface area contributed by atoms with E-state index >= 15 is 0 Å². The van der Waals surface area contributed by atoms with Gasteiger partial charge in [-0.2, -0.15) is 0 Å². The lowest BCUT2D eigenvalue weighted by Crippen LogP contribution is -2.09. The van der Waals surface area contributed by atoms with E-state index in [2.05, 4.69) is 194 Å². The first-order valence-electron chi connectivity index (χ1n) is 16.6. The second-order valence-corrected chi connectivity index (χ2v) is 12.6. The monoisotopic (exact) mass is 611 g/mol. The molecule has 0 unspecified atom stereocenters. The van der Waals surface area contributed by atoms with E-state index in [9.17, 15) is 0 Å². The van der Waals surface area contributed by atoms with Crippen LogP contribution in [0.4, 0.5) is 17.1 Å². The van der Waals surface area contributed by atoms with Gasteiger partial charge in [0.1, 0.15) is 0 Å². The molecule has 0 aliphatic carbocycles. The summed E-state index contributed by atoms with van der Waals surface area (Å²) in [5.41, 5.74) is 9.64. The van der Waals surface area contributed by atoms with Crippen LogP contribution in [0.2, 0.25) is 0 Å². The number of hydrogen-bond acceptors (Lipinski definition) is 1. The third kappa shape index (κ3) is 4.71. The maximum absolute atomic E-state index is 2.41. The van der Waals surface area contributed by atoms with E-state index < -0.39 is 0 Å². The summed E-state index contributed by atoms with van der Waals surface area (Å²) in [6, 6.07) is 66.4. The summed E-state index contributed by atoms with van der Waals surface area (Å²) in [6.07, 6.45) is 0. The number of nitrogens with zero attached hydrogens (tertiary/aromatic N) is 1. The number of hydrogen-bond donors (Lipinski definition) is 0. The molecule has 1 heteroatoms. The zero-order valence-electron chi connectivity index (χ0n) is 26.8. The quantitative estimate of drug-likeness (QED) is 0.175. The highest BCUT2D eigenvalue weighted by atomic mass is 15.1. The van der Waals surface area contributed by atoms with Crippen molar-refractivity contribution in [2.75, 3.05) is 4.90 Å². The first-order chi connectivity index (χ1) is 23.7. The van der Waals surface area contributed by atoms with Crippen molar-refractivity contribution < 1.29 is 0 Å². The van der Waals surface area contributed by atoms with Gasteiger partial charge in [-0.3, -0.25) is 0 Å². The van der Waals surface area contributed by atoms with Crippen LogP contribution in [0.15, 0.2) is 182 Å². The van der Waals surface area contributed by atoms with E-state index in [1.165, 1.54) is 70.9 Å². The van der Waals surface area contributed by atoms with Crippen LogP contribution >= 0.6 is 0 Å². The largest absolute Gasteiger partial charge is 0.311 e. The fourth-order valence-corrected chi connectivity index (χ4v) is 7.41. The predicted octanol–water partition coefficient (Wildman–Crippen LogP) is 13.4. The van der Waals surface area contributed by atoms with E-state index in [4.69, 9.17) is 0 Å². The van der Waals surface area contributed by atoms with Crippen molar-refractivity contribution in [2.45, 2.75) is 6.92 Å². The highest BCUT2D eigenvalue weighted by Crippen LogP contribution is 2.44. The molecule has 0 radical (unpaired) electrons. The van der Waals surface area contributed by atoms with Crippen molar-refractivity contribution in [1.29, 1.82) is 0 Å². The summed E-state index contributed by atoms with van der Waals surface area (Å²) in [4.78, 5) is 2.32. The van der Waals surface area contributed by atoms with E-state index in [-0.39, 0.29) is 0 Å². The zero-order chi connectivity index (χ0) is 32.0. The van der Waals surface area contributed by atoms with Gasteiger partial charge in [0, 0.05) is 17.1 Å². The summed E-state index contributed by atoms with van der Waals surface area (Å²) in [7, 11) is 0. The maximum Gasteiger partial charge on any atom is 0.0462 e. The van der Waals surface area contributed by atoms with Gasteiger partial charge in [0.2, 0.25) is 0 Å². The van der Waals surface area contributed by atoms with Crippen LogP contribution in [0, 0.1) is 6.92 Å². The van der Waals surface area contributed by atoms with E-state index in [0.717, 1.165) is 17.1 Å². The molecule has 226 valence electrons. The molecule has 0 aliphatic rings. The highest BCUT2D eigenvalue weighted by Gasteiger charge is 2.17. The van der Waals surface area contributed by atoms with Gasteiger partial charge in [-0.15, -0.1) is 0 Å². The Morgan fingerprint density at radius 3 is 1.52 bits per heavy atom. The highest BCUT2D eigenvalue weighted by molar-refractivity contribution is 6.26. The normalized spacial score (nSPS) is 11.4. The molecule has 0 aromatic heterocycles. The van der Waals surface area contributed by atoms with Crippen molar-refractivity contribution in [3.8, 4) is 22.3 Å². The average molecular weight is 612 g/mol. The minimum Gasteiger partial charge on any atom is -0.311 e. The zero-order valence-corrected chi connectivity index (χ0v) is 26.8. The van der Waals surface area contributed by atoms with Crippen molar-refractivity contribution in [2.24, 2.45) is 0 Å². The molecule has 0 fully saturated rings.